The van der Waals surface area contributed by atoms with Crippen LogP contribution in [0.3, 0.4) is 0 Å². The smallest absolute Gasteiger partial charge is 0.269 e. The number of non-ortho nitro benzene ring substituents is 1. The Hall–Kier alpha value is -3.85. The molecule has 3 rings (SSSR count). The lowest BCUT2D eigenvalue weighted by molar-refractivity contribution is -0.384. The number of nitriles is 1. The molecule has 36 heavy (non-hydrogen) atoms. The first-order chi connectivity index (χ1) is 17.7. The van der Waals surface area contributed by atoms with Crippen LogP contribution in [0.25, 0.3) is 11.1 Å². The van der Waals surface area contributed by atoms with Crippen molar-refractivity contribution in [3.8, 4) is 28.7 Å². The molecule has 0 heterocycles. The second-order valence-corrected chi connectivity index (χ2v) is 8.84. The molecule has 3 aromatic carbocycles. The zero-order chi connectivity index (χ0) is 25.4. The minimum atomic E-state index is -0.404. The van der Waals surface area contributed by atoms with E-state index in [9.17, 15) is 10.1 Å². The van der Waals surface area contributed by atoms with Gasteiger partial charge in [0.2, 0.25) is 0 Å². The quantitative estimate of drug-likeness (QED) is 0.116. The van der Waals surface area contributed by atoms with Crippen molar-refractivity contribution >= 4 is 5.69 Å². The van der Waals surface area contributed by atoms with Gasteiger partial charge in [-0.15, -0.1) is 0 Å². The minimum Gasteiger partial charge on any atom is -0.494 e. The molecule has 0 aromatic heterocycles. The average Bonchev–Trinajstić information content (AvgIpc) is 2.92. The van der Waals surface area contributed by atoms with Crippen molar-refractivity contribution in [1.29, 1.82) is 5.26 Å². The molecule has 188 valence electrons. The Kier molecular flexibility index (Phi) is 11.3. The first-order valence-corrected chi connectivity index (χ1v) is 12.8. The number of benzene rings is 3. The van der Waals surface area contributed by atoms with Crippen LogP contribution in [0.4, 0.5) is 5.69 Å². The van der Waals surface area contributed by atoms with E-state index in [1.165, 1.54) is 50.7 Å². The van der Waals surface area contributed by atoms with Crippen molar-refractivity contribution in [2.24, 2.45) is 0 Å². The molecule has 6 heteroatoms. The normalized spacial score (nSPS) is 10.5. The monoisotopic (exact) mass is 486 g/mol. The van der Waals surface area contributed by atoms with Gasteiger partial charge < -0.3 is 9.47 Å². The molecule has 0 aliphatic rings. The third-order valence-corrected chi connectivity index (χ3v) is 6.08. The van der Waals surface area contributed by atoms with Crippen LogP contribution in [-0.4, -0.2) is 18.1 Å². The van der Waals surface area contributed by atoms with E-state index in [1.807, 2.05) is 36.4 Å². The lowest BCUT2D eigenvalue weighted by Gasteiger charge is -2.08. The Balaban J connectivity index is 1.14. The maximum absolute atomic E-state index is 10.7. The lowest BCUT2D eigenvalue weighted by atomic mass is 10.0. The summed E-state index contributed by atoms with van der Waals surface area (Å²) in [5.74, 6) is 1.58. The molecule has 3 aromatic rings. The summed E-state index contributed by atoms with van der Waals surface area (Å²) in [5.41, 5.74) is 2.96. The van der Waals surface area contributed by atoms with Crippen LogP contribution < -0.4 is 9.47 Å². The highest BCUT2D eigenvalue weighted by molar-refractivity contribution is 5.64. The van der Waals surface area contributed by atoms with Crippen LogP contribution in [0.2, 0.25) is 0 Å². The van der Waals surface area contributed by atoms with E-state index in [4.69, 9.17) is 14.7 Å². The number of nitro groups is 1. The molecule has 0 unspecified atom stereocenters. The second kappa shape index (κ2) is 15.2. The molecule has 0 radical (unpaired) electrons. The van der Waals surface area contributed by atoms with E-state index < -0.39 is 4.92 Å². The molecule has 0 fully saturated rings. The Morgan fingerprint density at radius 3 is 1.42 bits per heavy atom. The number of ether oxygens (including phenoxy) is 2. The van der Waals surface area contributed by atoms with Crippen LogP contribution >= 0.6 is 0 Å². The molecule has 0 aliphatic heterocycles. The third-order valence-electron chi connectivity index (χ3n) is 6.08. The van der Waals surface area contributed by atoms with Gasteiger partial charge in [0.15, 0.2) is 0 Å². The fourth-order valence-electron chi connectivity index (χ4n) is 3.97. The van der Waals surface area contributed by atoms with Gasteiger partial charge in [-0.25, -0.2) is 0 Å². The van der Waals surface area contributed by atoms with E-state index in [0.29, 0.717) is 17.9 Å². The van der Waals surface area contributed by atoms with Crippen molar-refractivity contribution in [2.75, 3.05) is 13.2 Å². The summed E-state index contributed by atoms with van der Waals surface area (Å²) in [4.78, 5) is 10.2. The summed E-state index contributed by atoms with van der Waals surface area (Å²) in [7, 11) is 0. The van der Waals surface area contributed by atoms with E-state index in [1.54, 1.807) is 12.1 Å². The molecule has 0 spiro atoms. The number of nitro benzene ring substituents is 1. The van der Waals surface area contributed by atoms with Gasteiger partial charge in [0.05, 0.1) is 29.8 Å². The Morgan fingerprint density at radius 1 is 0.611 bits per heavy atom. The lowest BCUT2D eigenvalue weighted by Crippen LogP contribution is -1.98. The number of unbranched alkanes of at least 4 members (excludes halogenated alkanes) is 8. The molecule has 0 bridgehead atoms. The average molecular weight is 487 g/mol. The number of rotatable bonds is 16. The molecule has 0 amide bonds. The highest BCUT2D eigenvalue weighted by Gasteiger charge is 2.04. The molecular weight excluding hydrogens is 452 g/mol. The molecule has 0 N–H and O–H groups in total. The molecular formula is C30H34N2O4. The maximum Gasteiger partial charge on any atom is 0.269 e. The molecule has 0 saturated carbocycles. The first kappa shape index (κ1) is 26.7. The zero-order valence-corrected chi connectivity index (χ0v) is 20.7. The summed E-state index contributed by atoms with van der Waals surface area (Å²) in [6, 6.07) is 24.1. The van der Waals surface area contributed by atoms with Crippen LogP contribution in [0, 0.1) is 21.4 Å². The fraction of sp³-hybridized carbons (Fsp3) is 0.367. The predicted octanol–water partition coefficient (Wildman–Crippen LogP) is 8.10. The SMILES string of the molecule is N#Cc1ccc(-c2ccc(OCCCCCCCCCCCOc3ccc([N+](=O)[O-])cc3)cc2)cc1. The maximum atomic E-state index is 10.7. The number of hydrogen-bond acceptors (Lipinski definition) is 5. The summed E-state index contributed by atoms with van der Waals surface area (Å²) in [5, 5.41) is 19.6. The van der Waals surface area contributed by atoms with Crippen molar-refractivity contribution in [2.45, 2.75) is 57.8 Å². The van der Waals surface area contributed by atoms with Crippen LogP contribution in [0.5, 0.6) is 11.5 Å². The van der Waals surface area contributed by atoms with Crippen molar-refractivity contribution in [1.82, 2.24) is 0 Å². The van der Waals surface area contributed by atoms with Gasteiger partial charge >= 0.3 is 0 Å². The Bertz CT molecular complexity index is 1090. The summed E-state index contributed by atoms with van der Waals surface area (Å²) in [6.45, 7) is 1.39. The highest BCUT2D eigenvalue weighted by atomic mass is 16.6. The van der Waals surface area contributed by atoms with Gasteiger partial charge in [0.25, 0.3) is 5.69 Å². The molecule has 0 aliphatic carbocycles. The zero-order valence-electron chi connectivity index (χ0n) is 20.7. The van der Waals surface area contributed by atoms with E-state index >= 15 is 0 Å². The fourth-order valence-corrected chi connectivity index (χ4v) is 3.97. The first-order valence-electron chi connectivity index (χ1n) is 12.8. The second-order valence-electron chi connectivity index (χ2n) is 8.84. The number of hydrogen-bond donors (Lipinski definition) is 0. The summed E-state index contributed by atoms with van der Waals surface area (Å²) in [6.07, 6.45) is 10.6. The van der Waals surface area contributed by atoms with Crippen LogP contribution in [0.1, 0.15) is 63.4 Å². The third kappa shape index (κ3) is 9.42. The number of nitrogens with zero attached hydrogens (tertiary/aromatic N) is 2. The van der Waals surface area contributed by atoms with Crippen LogP contribution in [0.15, 0.2) is 72.8 Å². The van der Waals surface area contributed by atoms with Gasteiger partial charge in [0, 0.05) is 12.1 Å². The van der Waals surface area contributed by atoms with Gasteiger partial charge in [0.1, 0.15) is 11.5 Å². The molecule has 6 nitrogen and oxygen atoms in total. The summed E-state index contributed by atoms with van der Waals surface area (Å²) < 4.78 is 11.5. The Labute approximate surface area is 213 Å². The van der Waals surface area contributed by atoms with E-state index in [2.05, 4.69) is 18.2 Å². The van der Waals surface area contributed by atoms with Crippen molar-refractivity contribution in [3.05, 3.63) is 88.5 Å². The minimum absolute atomic E-state index is 0.0847. The Morgan fingerprint density at radius 2 is 1.00 bits per heavy atom. The van der Waals surface area contributed by atoms with E-state index in [0.717, 1.165) is 42.7 Å². The summed E-state index contributed by atoms with van der Waals surface area (Å²) >= 11 is 0. The van der Waals surface area contributed by atoms with Gasteiger partial charge in [-0.3, -0.25) is 10.1 Å². The van der Waals surface area contributed by atoms with Crippen molar-refractivity contribution < 1.29 is 14.4 Å². The van der Waals surface area contributed by atoms with Gasteiger partial charge in [-0.2, -0.15) is 5.26 Å². The van der Waals surface area contributed by atoms with Gasteiger partial charge in [-0.05, 0) is 60.4 Å². The molecule has 0 atom stereocenters. The predicted molar refractivity (Wildman–Crippen MR) is 142 cm³/mol. The van der Waals surface area contributed by atoms with Crippen molar-refractivity contribution in [3.63, 3.8) is 0 Å². The largest absolute Gasteiger partial charge is 0.494 e. The standard InChI is InChI=1S/C30H34N2O4/c31-24-25-10-12-26(13-11-25)27-14-18-29(19-15-27)35-22-8-6-4-2-1-3-5-7-9-23-36-30-20-16-28(17-21-30)32(33)34/h10-21H,1-9,22-23H2. The molecule has 0 saturated heterocycles. The van der Waals surface area contributed by atoms with Crippen LogP contribution in [-0.2, 0) is 0 Å². The highest BCUT2D eigenvalue weighted by Crippen LogP contribution is 2.23. The van der Waals surface area contributed by atoms with E-state index in [-0.39, 0.29) is 5.69 Å². The topological polar surface area (TPSA) is 85.4 Å². The van der Waals surface area contributed by atoms with Gasteiger partial charge in [-0.1, -0.05) is 69.2 Å².